The van der Waals surface area contributed by atoms with E-state index in [1.165, 1.54) is 0 Å². The molecule has 0 bridgehead atoms. The molecule has 4 heteroatoms. The van der Waals surface area contributed by atoms with Crippen molar-refractivity contribution >= 4 is 22.9 Å². The van der Waals surface area contributed by atoms with Gasteiger partial charge >= 0.3 is 0 Å². The van der Waals surface area contributed by atoms with Gasteiger partial charge in [-0.15, -0.1) is 0 Å². The lowest BCUT2D eigenvalue weighted by atomic mass is 10.1. The van der Waals surface area contributed by atoms with Gasteiger partial charge in [0.05, 0.1) is 0 Å². The zero-order valence-electron chi connectivity index (χ0n) is 12.2. The predicted octanol–water partition coefficient (Wildman–Crippen LogP) is 2.77. The van der Waals surface area contributed by atoms with Crippen LogP contribution in [0.15, 0.2) is 18.2 Å². The fourth-order valence-corrected chi connectivity index (χ4v) is 2.35. The van der Waals surface area contributed by atoms with Gasteiger partial charge in [-0.3, -0.25) is 0 Å². The standard InChI is InChI=1S/C15H25N3S/c1-4-18(5-2)10-6-9-17-13-7-8-14(15(16)19)12(3)11-13/h7-8,11,17H,4-6,9-10H2,1-3H3,(H2,16,19). The summed E-state index contributed by atoms with van der Waals surface area (Å²) in [6.07, 6.45) is 1.15. The Balaban J connectivity index is 2.42. The van der Waals surface area contributed by atoms with E-state index >= 15 is 0 Å². The molecule has 0 heterocycles. The van der Waals surface area contributed by atoms with Crippen molar-refractivity contribution in [1.82, 2.24) is 4.90 Å². The van der Waals surface area contributed by atoms with Crippen LogP contribution in [-0.4, -0.2) is 36.1 Å². The normalized spacial score (nSPS) is 10.7. The molecule has 0 amide bonds. The van der Waals surface area contributed by atoms with Gasteiger partial charge in [-0.05, 0) is 56.7 Å². The molecule has 0 unspecified atom stereocenters. The molecule has 3 nitrogen and oxygen atoms in total. The molecule has 0 radical (unpaired) electrons. The monoisotopic (exact) mass is 279 g/mol. The van der Waals surface area contributed by atoms with Crippen molar-refractivity contribution in [3.05, 3.63) is 29.3 Å². The summed E-state index contributed by atoms with van der Waals surface area (Å²) in [5.41, 5.74) is 8.88. The SMILES string of the molecule is CCN(CC)CCCNc1ccc(C(N)=S)c(C)c1. The van der Waals surface area contributed by atoms with E-state index in [9.17, 15) is 0 Å². The van der Waals surface area contributed by atoms with Crippen LogP contribution in [0.3, 0.4) is 0 Å². The number of nitrogens with two attached hydrogens (primary N) is 1. The fraction of sp³-hybridized carbons (Fsp3) is 0.533. The van der Waals surface area contributed by atoms with Crippen LogP contribution >= 0.6 is 12.2 Å². The summed E-state index contributed by atoms with van der Waals surface area (Å²) in [5.74, 6) is 0. The lowest BCUT2D eigenvalue weighted by Gasteiger charge is -2.18. The third-order valence-electron chi connectivity index (χ3n) is 3.37. The molecule has 0 atom stereocenters. The Morgan fingerprint density at radius 1 is 1.32 bits per heavy atom. The van der Waals surface area contributed by atoms with Gasteiger partial charge in [0, 0.05) is 17.8 Å². The summed E-state index contributed by atoms with van der Waals surface area (Å²) in [4.78, 5) is 2.90. The maximum Gasteiger partial charge on any atom is 0.104 e. The summed E-state index contributed by atoms with van der Waals surface area (Å²) in [7, 11) is 0. The summed E-state index contributed by atoms with van der Waals surface area (Å²) in [5, 5.41) is 3.44. The van der Waals surface area contributed by atoms with Gasteiger partial charge in [-0.25, -0.2) is 0 Å². The number of benzene rings is 1. The molecule has 0 fully saturated rings. The molecule has 3 N–H and O–H groups in total. The van der Waals surface area contributed by atoms with E-state index in [1.807, 2.05) is 19.1 Å². The lowest BCUT2D eigenvalue weighted by molar-refractivity contribution is 0.303. The Hall–Kier alpha value is -1.13. The smallest absolute Gasteiger partial charge is 0.104 e. The van der Waals surface area contributed by atoms with Gasteiger partial charge in [-0.2, -0.15) is 0 Å². The lowest BCUT2D eigenvalue weighted by Crippen LogP contribution is -2.25. The second-order valence-electron chi connectivity index (χ2n) is 4.70. The number of aryl methyl sites for hydroxylation is 1. The Kier molecular flexibility index (Phi) is 6.81. The molecule has 0 aliphatic heterocycles. The first-order chi connectivity index (χ1) is 9.08. The number of rotatable bonds is 8. The van der Waals surface area contributed by atoms with Gasteiger partial charge in [-0.1, -0.05) is 26.1 Å². The number of nitrogens with zero attached hydrogens (tertiary/aromatic N) is 1. The molecule has 0 aliphatic carbocycles. The first-order valence-corrected chi connectivity index (χ1v) is 7.36. The second-order valence-corrected chi connectivity index (χ2v) is 5.14. The minimum atomic E-state index is 0.464. The number of hydrogen-bond acceptors (Lipinski definition) is 3. The summed E-state index contributed by atoms with van der Waals surface area (Å²) >= 11 is 5.01. The molecule has 106 valence electrons. The van der Waals surface area contributed by atoms with Crippen molar-refractivity contribution in [2.24, 2.45) is 5.73 Å². The van der Waals surface area contributed by atoms with E-state index in [0.29, 0.717) is 4.99 Å². The predicted molar refractivity (Wildman–Crippen MR) is 88.0 cm³/mol. The molecular formula is C15H25N3S. The highest BCUT2D eigenvalue weighted by Gasteiger charge is 2.02. The zero-order chi connectivity index (χ0) is 14.3. The van der Waals surface area contributed by atoms with E-state index in [1.54, 1.807) is 0 Å². The van der Waals surface area contributed by atoms with Crippen LogP contribution < -0.4 is 11.1 Å². The van der Waals surface area contributed by atoms with E-state index in [4.69, 9.17) is 18.0 Å². The van der Waals surface area contributed by atoms with Gasteiger partial charge in [0.2, 0.25) is 0 Å². The highest BCUT2D eigenvalue weighted by Crippen LogP contribution is 2.15. The van der Waals surface area contributed by atoms with Crippen LogP contribution in [-0.2, 0) is 0 Å². The van der Waals surface area contributed by atoms with Crippen LogP contribution in [0.4, 0.5) is 5.69 Å². The maximum absolute atomic E-state index is 5.66. The quantitative estimate of drug-likeness (QED) is 0.567. The minimum Gasteiger partial charge on any atom is -0.389 e. The summed E-state index contributed by atoms with van der Waals surface area (Å²) in [6.45, 7) is 10.8. The molecule has 19 heavy (non-hydrogen) atoms. The number of thiocarbonyl (C=S) groups is 1. The molecular weight excluding hydrogens is 254 g/mol. The van der Waals surface area contributed by atoms with Crippen LogP contribution in [0, 0.1) is 6.92 Å². The summed E-state index contributed by atoms with van der Waals surface area (Å²) < 4.78 is 0. The van der Waals surface area contributed by atoms with Crippen LogP contribution in [0.2, 0.25) is 0 Å². The van der Waals surface area contributed by atoms with Gasteiger partial charge in [0.15, 0.2) is 0 Å². The van der Waals surface area contributed by atoms with Crippen LogP contribution in [0.25, 0.3) is 0 Å². The van der Waals surface area contributed by atoms with Gasteiger partial charge in [0.1, 0.15) is 4.99 Å². The Morgan fingerprint density at radius 3 is 2.53 bits per heavy atom. The summed E-state index contributed by atoms with van der Waals surface area (Å²) in [6, 6.07) is 6.13. The molecule has 1 rings (SSSR count). The zero-order valence-corrected chi connectivity index (χ0v) is 13.0. The fourth-order valence-electron chi connectivity index (χ4n) is 2.13. The van der Waals surface area contributed by atoms with E-state index in [-0.39, 0.29) is 0 Å². The van der Waals surface area contributed by atoms with E-state index in [0.717, 1.165) is 49.4 Å². The van der Waals surface area contributed by atoms with Crippen LogP contribution in [0.1, 0.15) is 31.4 Å². The molecule has 0 spiro atoms. The molecule has 0 aliphatic rings. The van der Waals surface area contributed by atoms with Crippen molar-refractivity contribution in [2.75, 3.05) is 31.5 Å². The molecule has 1 aromatic carbocycles. The largest absolute Gasteiger partial charge is 0.389 e. The van der Waals surface area contributed by atoms with Gasteiger partial charge < -0.3 is 16.0 Å². The number of nitrogens with one attached hydrogen (secondary N) is 1. The first-order valence-electron chi connectivity index (χ1n) is 6.95. The third kappa shape index (κ3) is 5.17. The minimum absolute atomic E-state index is 0.464. The van der Waals surface area contributed by atoms with Crippen molar-refractivity contribution in [3.8, 4) is 0 Å². The average Bonchev–Trinajstić information content (AvgIpc) is 2.38. The number of anilines is 1. The topological polar surface area (TPSA) is 41.3 Å². The maximum atomic E-state index is 5.66. The Morgan fingerprint density at radius 2 is 2.00 bits per heavy atom. The second kappa shape index (κ2) is 8.12. The average molecular weight is 279 g/mol. The van der Waals surface area contributed by atoms with Gasteiger partial charge in [0.25, 0.3) is 0 Å². The third-order valence-corrected chi connectivity index (χ3v) is 3.59. The molecule has 1 aromatic rings. The van der Waals surface area contributed by atoms with Crippen molar-refractivity contribution in [3.63, 3.8) is 0 Å². The Labute approximate surface area is 122 Å². The first kappa shape index (κ1) is 15.9. The highest BCUT2D eigenvalue weighted by atomic mass is 32.1. The molecule has 0 saturated heterocycles. The number of hydrogen-bond donors (Lipinski definition) is 2. The van der Waals surface area contributed by atoms with E-state index in [2.05, 4.69) is 30.1 Å². The van der Waals surface area contributed by atoms with Crippen molar-refractivity contribution in [2.45, 2.75) is 27.2 Å². The van der Waals surface area contributed by atoms with Crippen molar-refractivity contribution in [1.29, 1.82) is 0 Å². The molecule has 0 aromatic heterocycles. The van der Waals surface area contributed by atoms with Crippen LogP contribution in [0.5, 0.6) is 0 Å². The van der Waals surface area contributed by atoms with Crippen molar-refractivity contribution < 1.29 is 0 Å². The highest BCUT2D eigenvalue weighted by molar-refractivity contribution is 7.80. The Bertz CT molecular complexity index is 414. The van der Waals surface area contributed by atoms with E-state index < -0.39 is 0 Å². The molecule has 0 saturated carbocycles.